The number of methoxy groups -OCH3 is 1. The predicted octanol–water partition coefficient (Wildman–Crippen LogP) is 1.91. The fourth-order valence-electron chi connectivity index (χ4n) is 2.57. The number of aryl methyl sites for hydroxylation is 1. The standard InChI is InChI=1S/C18H22N6O/c1-13-7-8-14(15(10-13)25-3)11-20-18(19-2)21-12-17-23-22-16-6-4-5-9-24(16)17/h4-10H,11-12H2,1-3H3,(H2,19,20,21). The van der Waals surface area contributed by atoms with Crippen LogP contribution in [0.3, 0.4) is 0 Å². The fraction of sp³-hybridized carbons (Fsp3) is 0.278. The summed E-state index contributed by atoms with van der Waals surface area (Å²) >= 11 is 0. The molecule has 25 heavy (non-hydrogen) atoms. The third-order valence-electron chi connectivity index (χ3n) is 3.91. The van der Waals surface area contributed by atoms with E-state index in [0.717, 1.165) is 22.8 Å². The average molecular weight is 338 g/mol. The Morgan fingerprint density at radius 3 is 2.80 bits per heavy atom. The quantitative estimate of drug-likeness (QED) is 0.549. The van der Waals surface area contributed by atoms with Gasteiger partial charge in [-0.25, -0.2) is 0 Å². The number of fused-ring (bicyclic) bond motifs is 1. The lowest BCUT2D eigenvalue weighted by molar-refractivity contribution is 0.408. The Hall–Kier alpha value is -3.09. The Balaban J connectivity index is 1.62. The number of ether oxygens (including phenoxy) is 1. The largest absolute Gasteiger partial charge is 0.496 e. The van der Waals surface area contributed by atoms with E-state index in [4.69, 9.17) is 4.74 Å². The molecular weight excluding hydrogens is 316 g/mol. The number of pyridine rings is 1. The van der Waals surface area contributed by atoms with Crippen molar-refractivity contribution in [2.75, 3.05) is 14.2 Å². The monoisotopic (exact) mass is 338 g/mol. The molecule has 0 aliphatic carbocycles. The van der Waals surface area contributed by atoms with E-state index in [1.165, 1.54) is 5.56 Å². The molecule has 7 heteroatoms. The summed E-state index contributed by atoms with van der Waals surface area (Å²) in [6, 6.07) is 12.0. The number of benzene rings is 1. The number of nitrogens with zero attached hydrogens (tertiary/aromatic N) is 4. The minimum absolute atomic E-state index is 0.524. The van der Waals surface area contributed by atoms with Gasteiger partial charge in [-0.1, -0.05) is 18.2 Å². The Kier molecular flexibility index (Phi) is 5.13. The molecular formula is C18H22N6O. The van der Waals surface area contributed by atoms with Gasteiger partial charge in [0.25, 0.3) is 0 Å². The van der Waals surface area contributed by atoms with Crippen LogP contribution < -0.4 is 15.4 Å². The van der Waals surface area contributed by atoms with Gasteiger partial charge in [-0.05, 0) is 30.7 Å². The molecule has 0 aliphatic rings. The van der Waals surface area contributed by atoms with Crippen molar-refractivity contribution >= 4 is 11.6 Å². The summed E-state index contributed by atoms with van der Waals surface area (Å²) in [4.78, 5) is 4.25. The lowest BCUT2D eigenvalue weighted by atomic mass is 10.1. The van der Waals surface area contributed by atoms with Gasteiger partial charge in [0.05, 0.1) is 13.7 Å². The first kappa shape index (κ1) is 16.8. The highest BCUT2D eigenvalue weighted by molar-refractivity contribution is 5.79. The second-order valence-corrected chi connectivity index (χ2v) is 5.64. The molecule has 3 rings (SSSR count). The highest BCUT2D eigenvalue weighted by atomic mass is 16.5. The molecule has 2 N–H and O–H groups in total. The minimum atomic E-state index is 0.524. The predicted molar refractivity (Wildman–Crippen MR) is 97.8 cm³/mol. The van der Waals surface area contributed by atoms with Gasteiger partial charge in [-0.15, -0.1) is 10.2 Å². The number of rotatable bonds is 5. The topological polar surface area (TPSA) is 75.8 Å². The molecule has 0 saturated heterocycles. The zero-order valence-electron chi connectivity index (χ0n) is 14.7. The SMILES string of the molecule is CN=C(NCc1ccc(C)cc1OC)NCc1nnc2ccccn12. The molecule has 0 saturated carbocycles. The first-order valence-electron chi connectivity index (χ1n) is 8.08. The average Bonchev–Trinajstić information content (AvgIpc) is 3.06. The van der Waals surface area contributed by atoms with E-state index >= 15 is 0 Å². The van der Waals surface area contributed by atoms with E-state index in [-0.39, 0.29) is 0 Å². The van der Waals surface area contributed by atoms with Crippen LogP contribution in [0, 0.1) is 6.92 Å². The first-order valence-corrected chi connectivity index (χ1v) is 8.08. The number of aromatic nitrogens is 3. The highest BCUT2D eigenvalue weighted by Gasteiger charge is 2.07. The zero-order valence-corrected chi connectivity index (χ0v) is 14.7. The van der Waals surface area contributed by atoms with Crippen LogP contribution >= 0.6 is 0 Å². The number of guanidine groups is 1. The molecule has 0 radical (unpaired) electrons. The van der Waals surface area contributed by atoms with Crippen molar-refractivity contribution in [2.45, 2.75) is 20.0 Å². The number of hydrogen-bond donors (Lipinski definition) is 2. The normalized spacial score (nSPS) is 11.6. The van der Waals surface area contributed by atoms with E-state index < -0.39 is 0 Å². The van der Waals surface area contributed by atoms with Gasteiger partial charge in [-0.3, -0.25) is 9.39 Å². The van der Waals surface area contributed by atoms with Crippen molar-refractivity contribution in [3.05, 3.63) is 59.5 Å². The van der Waals surface area contributed by atoms with Gasteiger partial charge >= 0.3 is 0 Å². The zero-order chi connectivity index (χ0) is 17.6. The Bertz CT molecular complexity index is 886. The van der Waals surface area contributed by atoms with E-state index in [0.29, 0.717) is 19.0 Å². The van der Waals surface area contributed by atoms with E-state index in [2.05, 4.69) is 38.0 Å². The van der Waals surface area contributed by atoms with Crippen molar-refractivity contribution < 1.29 is 4.74 Å². The lowest BCUT2D eigenvalue weighted by Crippen LogP contribution is -2.36. The summed E-state index contributed by atoms with van der Waals surface area (Å²) < 4.78 is 7.38. The van der Waals surface area contributed by atoms with Gasteiger partial charge in [-0.2, -0.15) is 0 Å². The number of aliphatic imine (C=N–C) groups is 1. The Morgan fingerprint density at radius 2 is 2.00 bits per heavy atom. The van der Waals surface area contributed by atoms with Crippen molar-refractivity contribution in [3.63, 3.8) is 0 Å². The Labute approximate surface area is 146 Å². The second kappa shape index (κ2) is 7.65. The molecule has 0 spiro atoms. The maximum atomic E-state index is 5.44. The third kappa shape index (κ3) is 3.88. The van der Waals surface area contributed by atoms with Gasteiger partial charge in [0, 0.05) is 25.4 Å². The van der Waals surface area contributed by atoms with Crippen LogP contribution in [0.5, 0.6) is 5.75 Å². The summed E-state index contributed by atoms with van der Waals surface area (Å²) in [5, 5.41) is 14.9. The minimum Gasteiger partial charge on any atom is -0.496 e. The molecule has 2 heterocycles. The van der Waals surface area contributed by atoms with Crippen molar-refractivity contribution in [2.24, 2.45) is 4.99 Å². The van der Waals surface area contributed by atoms with E-state index in [9.17, 15) is 0 Å². The maximum Gasteiger partial charge on any atom is 0.191 e. The molecule has 0 fully saturated rings. The van der Waals surface area contributed by atoms with E-state index in [1.54, 1.807) is 14.2 Å². The molecule has 130 valence electrons. The number of nitrogens with one attached hydrogen (secondary N) is 2. The van der Waals surface area contributed by atoms with Crippen LogP contribution in [0.25, 0.3) is 5.65 Å². The van der Waals surface area contributed by atoms with Crippen LogP contribution in [0.4, 0.5) is 0 Å². The second-order valence-electron chi connectivity index (χ2n) is 5.64. The van der Waals surface area contributed by atoms with Crippen LogP contribution in [0.15, 0.2) is 47.6 Å². The highest BCUT2D eigenvalue weighted by Crippen LogP contribution is 2.19. The summed E-state index contributed by atoms with van der Waals surface area (Å²) in [5.41, 5.74) is 3.07. The van der Waals surface area contributed by atoms with Crippen molar-refractivity contribution in [1.82, 2.24) is 25.2 Å². The molecule has 1 aromatic carbocycles. The maximum absolute atomic E-state index is 5.44. The molecule has 7 nitrogen and oxygen atoms in total. The van der Waals surface area contributed by atoms with Crippen LogP contribution in [0.1, 0.15) is 17.0 Å². The van der Waals surface area contributed by atoms with Gasteiger partial charge in [0.15, 0.2) is 17.4 Å². The van der Waals surface area contributed by atoms with Gasteiger partial charge < -0.3 is 15.4 Å². The van der Waals surface area contributed by atoms with Gasteiger partial charge in [0.2, 0.25) is 0 Å². The molecule has 2 aromatic heterocycles. The summed E-state index contributed by atoms with van der Waals surface area (Å²) in [7, 11) is 3.42. The third-order valence-corrected chi connectivity index (χ3v) is 3.91. The molecule has 0 aliphatic heterocycles. The first-order chi connectivity index (χ1) is 12.2. The molecule has 0 amide bonds. The summed E-state index contributed by atoms with van der Waals surface area (Å²) in [5.74, 6) is 2.38. The van der Waals surface area contributed by atoms with E-state index in [1.807, 2.05) is 41.8 Å². The van der Waals surface area contributed by atoms with Crippen molar-refractivity contribution in [3.8, 4) is 5.75 Å². The number of hydrogen-bond acceptors (Lipinski definition) is 4. The molecule has 0 bridgehead atoms. The Morgan fingerprint density at radius 1 is 1.16 bits per heavy atom. The molecule has 0 unspecified atom stereocenters. The van der Waals surface area contributed by atoms with Crippen LogP contribution in [-0.4, -0.2) is 34.7 Å². The smallest absolute Gasteiger partial charge is 0.191 e. The molecule has 3 aromatic rings. The van der Waals surface area contributed by atoms with Crippen LogP contribution in [-0.2, 0) is 13.1 Å². The lowest BCUT2D eigenvalue weighted by Gasteiger charge is -2.14. The molecule has 0 atom stereocenters. The summed E-state index contributed by atoms with van der Waals surface area (Å²) in [6.07, 6.45) is 1.94. The van der Waals surface area contributed by atoms with Gasteiger partial charge in [0.1, 0.15) is 5.75 Å². The fourth-order valence-corrected chi connectivity index (χ4v) is 2.57. The summed E-state index contributed by atoms with van der Waals surface area (Å²) in [6.45, 7) is 3.18. The van der Waals surface area contributed by atoms with Crippen molar-refractivity contribution in [1.29, 1.82) is 0 Å². The van der Waals surface area contributed by atoms with Crippen LogP contribution in [0.2, 0.25) is 0 Å².